The maximum absolute atomic E-state index is 3.39. The minimum Gasteiger partial charge on any atom is -0.368 e. The van der Waals surface area contributed by atoms with E-state index in [0.29, 0.717) is 0 Å². The molecule has 78 valence electrons. The van der Waals surface area contributed by atoms with Gasteiger partial charge in [-0.2, -0.15) is 0 Å². The number of piperazine rings is 1. The third-order valence-electron chi connectivity index (χ3n) is 2.92. The number of thiophene rings is 1. The zero-order valence-electron chi connectivity index (χ0n) is 8.57. The number of rotatable bonds is 1. The van der Waals surface area contributed by atoms with E-state index in [2.05, 4.69) is 39.9 Å². The molecule has 0 saturated carbocycles. The van der Waals surface area contributed by atoms with Gasteiger partial charge in [0.1, 0.15) is 0 Å². The van der Waals surface area contributed by atoms with E-state index in [1.54, 1.807) is 0 Å². The molecule has 0 amide bonds. The van der Waals surface area contributed by atoms with E-state index in [-0.39, 0.29) is 0 Å². The molecule has 2 nitrogen and oxygen atoms in total. The quantitative estimate of drug-likeness (QED) is 0.790. The highest BCUT2D eigenvalue weighted by molar-refractivity contribution is 7.17. The van der Waals surface area contributed by atoms with Gasteiger partial charge in [0.05, 0.1) is 5.69 Å². The van der Waals surface area contributed by atoms with Crippen LogP contribution >= 0.6 is 11.3 Å². The van der Waals surface area contributed by atoms with Crippen LogP contribution in [0.1, 0.15) is 0 Å². The van der Waals surface area contributed by atoms with Gasteiger partial charge in [-0.05, 0) is 6.07 Å². The minimum absolute atomic E-state index is 1.10. The lowest BCUT2D eigenvalue weighted by Gasteiger charge is -2.28. The SMILES string of the molecule is c1ccc2c(N3CCNCC3)csc2c1. The van der Waals surface area contributed by atoms with Crippen LogP contribution in [0, 0.1) is 0 Å². The number of fused-ring (bicyclic) bond motifs is 1. The number of hydrogen-bond donors (Lipinski definition) is 1. The second-order valence-corrected chi connectivity index (χ2v) is 4.77. The van der Waals surface area contributed by atoms with Crippen LogP contribution < -0.4 is 10.2 Å². The Morgan fingerprint density at radius 3 is 2.80 bits per heavy atom. The summed E-state index contributed by atoms with van der Waals surface area (Å²) in [6.45, 7) is 4.45. The Kier molecular flexibility index (Phi) is 2.35. The molecule has 1 saturated heterocycles. The molecule has 1 aromatic carbocycles. The first kappa shape index (κ1) is 9.19. The molecule has 0 atom stereocenters. The van der Waals surface area contributed by atoms with Gasteiger partial charge >= 0.3 is 0 Å². The highest BCUT2D eigenvalue weighted by Crippen LogP contribution is 2.32. The van der Waals surface area contributed by atoms with E-state index in [1.165, 1.54) is 15.8 Å². The molecule has 1 aromatic heterocycles. The standard InChI is InChI=1S/C12H14N2S/c1-2-4-12-10(3-1)11(9-15-12)14-7-5-13-6-8-14/h1-4,9,13H,5-8H2. The number of anilines is 1. The van der Waals surface area contributed by atoms with E-state index in [1.807, 2.05) is 11.3 Å². The Hall–Kier alpha value is -1.06. The molecule has 1 aliphatic heterocycles. The van der Waals surface area contributed by atoms with Crippen molar-refractivity contribution in [3.63, 3.8) is 0 Å². The van der Waals surface area contributed by atoms with Crippen LogP contribution in [0.5, 0.6) is 0 Å². The second-order valence-electron chi connectivity index (χ2n) is 3.85. The maximum atomic E-state index is 3.39. The Morgan fingerprint density at radius 1 is 1.13 bits per heavy atom. The number of hydrogen-bond acceptors (Lipinski definition) is 3. The van der Waals surface area contributed by atoms with Crippen molar-refractivity contribution in [2.45, 2.75) is 0 Å². The fourth-order valence-electron chi connectivity index (χ4n) is 2.11. The zero-order valence-corrected chi connectivity index (χ0v) is 9.39. The monoisotopic (exact) mass is 218 g/mol. The molecule has 0 radical (unpaired) electrons. The molecule has 15 heavy (non-hydrogen) atoms. The van der Waals surface area contributed by atoms with Crippen molar-refractivity contribution in [3.05, 3.63) is 29.6 Å². The summed E-state index contributed by atoms with van der Waals surface area (Å²) in [5, 5.41) is 7.08. The number of nitrogens with zero attached hydrogens (tertiary/aromatic N) is 1. The summed E-state index contributed by atoms with van der Waals surface area (Å²) in [5.74, 6) is 0. The van der Waals surface area contributed by atoms with Crippen LogP contribution in [-0.2, 0) is 0 Å². The van der Waals surface area contributed by atoms with E-state index >= 15 is 0 Å². The first-order chi connectivity index (χ1) is 7.45. The van der Waals surface area contributed by atoms with Crippen LogP contribution in [0.2, 0.25) is 0 Å². The van der Waals surface area contributed by atoms with Gasteiger partial charge in [-0.15, -0.1) is 11.3 Å². The largest absolute Gasteiger partial charge is 0.368 e. The number of nitrogens with one attached hydrogen (secondary N) is 1. The van der Waals surface area contributed by atoms with Crippen molar-refractivity contribution in [1.29, 1.82) is 0 Å². The Morgan fingerprint density at radius 2 is 1.93 bits per heavy atom. The molecule has 1 fully saturated rings. The molecular formula is C12H14N2S. The fraction of sp³-hybridized carbons (Fsp3) is 0.333. The summed E-state index contributed by atoms with van der Waals surface area (Å²) < 4.78 is 1.39. The van der Waals surface area contributed by atoms with Crippen LogP contribution in [0.25, 0.3) is 10.1 Å². The highest BCUT2D eigenvalue weighted by Gasteiger charge is 2.13. The second kappa shape index (κ2) is 3.83. The predicted octanol–water partition coefficient (Wildman–Crippen LogP) is 2.31. The average molecular weight is 218 g/mol. The molecule has 3 rings (SSSR count). The first-order valence-electron chi connectivity index (χ1n) is 5.37. The van der Waals surface area contributed by atoms with E-state index in [9.17, 15) is 0 Å². The van der Waals surface area contributed by atoms with Gasteiger partial charge in [-0.1, -0.05) is 18.2 Å². The summed E-state index contributed by atoms with van der Waals surface area (Å²) in [6, 6.07) is 8.66. The number of benzene rings is 1. The van der Waals surface area contributed by atoms with Gasteiger partial charge < -0.3 is 10.2 Å². The van der Waals surface area contributed by atoms with E-state index < -0.39 is 0 Å². The van der Waals surface area contributed by atoms with E-state index in [4.69, 9.17) is 0 Å². The molecule has 0 aliphatic carbocycles. The lowest BCUT2D eigenvalue weighted by Crippen LogP contribution is -2.43. The Bertz CT molecular complexity index is 457. The van der Waals surface area contributed by atoms with Crippen molar-refractivity contribution >= 4 is 27.1 Å². The van der Waals surface area contributed by atoms with Gasteiger partial charge in [0.15, 0.2) is 0 Å². The van der Waals surface area contributed by atoms with Crippen LogP contribution in [-0.4, -0.2) is 26.2 Å². The van der Waals surface area contributed by atoms with Crippen molar-refractivity contribution in [3.8, 4) is 0 Å². The van der Waals surface area contributed by atoms with Crippen molar-refractivity contribution in [2.24, 2.45) is 0 Å². The van der Waals surface area contributed by atoms with Gasteiger partial charge in [0.2, 0.25) is 0 Å². The summed E-state index contributed by atoms with van der Waals surface area (Å²) in [6.07, 6.45) is 0. The first-order valence-corrected chi connectivity index (χ1v) is 6.25. The molecule has 0 bridgehead atoms. The van der Waals surface area contributed by atoms with Crippen molar-refractivity contribution in [1.82, 2.24) is 5.32 Å². The van der Waals surface area contributed by atoms with Crippen LogP contribution in [0.15, 0.2) is 29.6 Å². The Labute approximate surface area is 93.5 Å². The van der Waals surface area contributed by atoms with Crippen LogP contribution in [0.4, 0.5) is 5.69 Å². The molecular weight excluding hydrogens is 204 g/mol. The average Bonchev–Trinajstić information content (AvgIpc) is 2.74. The normalized spacial score (nSPS) is 17.2. The van der Waals surface area contributed by atoms with Gasteiger partial charge in [-0.25, -0.2) is 0 Å². The summed E-state index contributed by atoms with van der Waals surface area (Å²) in [4.78, 5) is 2.48. The molecule has 3 heteroatoms. The topological polar surface area (TPSA) is 15.3 Å². The highest BCUT2D eigenvalue weighted by atomic mass is 32.1. The zero-order chi connectivity index (χ0) is 10.1. The maximum Gasteiger partial charge on any atom is 0.0555 e. The smallest absolute Gasteiger partial charge is 0.0555 e. The molecule has 1 aliphatic rings. The summed E-state index contributed by atoms with van der Waals surface area (Å²) >= 11 is 1.85. The van der Waals surface area contributed by atoms with Gasteiger partial charge in [0.25, 0.3) is 0 Å². The minimum atomic E-state index is 1.10. The molecule has 1 N–H and O–H groups in total. The molecule has 2 heterocycles. The Balaban J connectivity index is 2.02. The van der Waals surface area contributed by atoms with Gasteiger partial charge in [0, 0.05) is 41.6 Å². The predicted molar refractivity (Wildman–Crippen MR) is 66.9 cm³/mol. The lowest BCUT2D eigenvalue weighted by molar-refractivity contribution is 0.591. The van der Waals surface area contributed by atoms with Crippen molar-refractivity contribution < 1.29 is 0 Å². The van der Waals surface area contributed by atoms with E-state index in [0.717, 1.165) is 26.2 Å². The van der Waals surface area contributed by atoms with Gasteiger partial charge in [-0.3, -0.25) is 0 Å². The molecule has 0 spiro atoms. The third kappa shape index (κ3) is 1.62. The summed E-state index contributed by atoms with van der Waals surface area (Å²) in [5.41, 5.74) is 1.41. The van der Waals surface area contributed by atoms with Crippen molar-refractivity contribution in [2.75, 3.05) is 31.1 Å². The lowest BCUT2D eigenvalue weighted by atomic mass is 10.2. The fourth-order valence-corrected chi connectivity index (χ4v) is 3.09. The van der Waals surface area contributed by atoms with Crippen LogP contribution in [0.3, 0.4) is 0 Å². The molecule has 0 unspecified atom stereocenters. The molecule has 2 aromatic rings. The summed E-state index contributed by atoms with van der Waals surface area (Å²) in [7, 11) is 0. The third-order valence-corrected chi connectivity index (χ3v) is 3.87.